The molecule has 0 spiro atoms. The molecule has 4 heteroatoms. The first-order chi connectivity index (χ1) is 10.0. The maximum Gasteiger partial charge on any atom is 0.303 e. The van der Waals surface area contributed by atoms with E-state index in [0.29, 0.717) is 0 Å². The van der Waals surface area contributed by atoms with Gasteiger partial charge < -0.3 is 10.4 Å². The number of fused-ring (bicyclic) bond motifs is 1. The van der Waals surface area contributed by atoms with E-state index in [9.17, 15) is 9.59 Å². The second-order valence-electron chi connectivity index (χ2n) is 6.53. The summed E-state index contributed by atoms with van der Waals surface area (Å²) in [6, 6.07) is 7.52. The summed E-state index contributed by atoms with van der Waals surface area (Å²) in [4.78, 5) is 22.9. The lowest BCUT2D eigenvalue weighted by Gasteiger charge is -2.14. The fourth-order valence-corrected chi connectivity index (χ4v) is 3.45. The largest absolute Gasteiger partial charge is 0.481 e. The van der Waals surface area contributed by atoms with Crippen LogP contribution in [0.4, 0.5) is 5.69 Å². The monoisotopic (exact) mass is 287 g/mol. The normalized spacial score (nSPS) is 27.8. The fourth-order valence-electron chi connectivity index (χ4n) is 3.45. The van der Waals surface area contributed by atoms with E-state index in [2.05, 4.69) is 5.32 Å². The van der Waals surface area contributed by atoms with Crippen molar-refractivity contribution in [2.24, 2.45) is 17.8 Å². The predicted molar refractivity (Wildman–Crippen MR) is 80.1 cm³/mol. The molecule has 2 aliphatic rings. The van der Waals surface area contributed by atoms with Crippen LogP contribution in [0.15, 0.2) is 24.3 Å². The van der Waals surface area contributed by atoms with Gasteiger partial charge in [0, 0.05) is 11.6 Å². The second kappa shape index (κ2) is 5.51. The summed E-state index contributed by atoms with van der Waals surface area (Å²) in [5.41, 5.74) is 1.78. The molecule has 4 nitrogen and oxygen atoms in total. The lowest BCUT2D eigenvalue weighted by atomic mass is 9.97. The lowest BCUT2D eigenvalue weighted by molar-refractivity contribution is -0.137. The zero-order valence-corrected chi connectivity index (χ0v) is 12.2. The highest BCUT2D eigenvalue weighted by molar-refractivity contribution is 5.92. The number of carbonyl (C=O) groups is 2. The average molecular weight is 287 g/mol. The van der Waals surface area contributed by atoms with Crippen molar-refractivity contribution in [3.8, 4) is 0 Å². The van der Waals surface area contributed by atoms with E-state index in [1.165, 1.54) is 6.42 Å². The number of nitrogens with one attached hydrogen (secondary N) is 1. The highest BCUT2D eigenvalue weighted by atomic mass is 16.4. The van der Waals surface area contributed by atoms with Crippen LogP contribution in [-0.4, -0.2) is 17.0 Å². The molecule has 2 fully saturated rings. The zero-order valence-electron chi connectivity index (χ0n) is 12.2. The van der Waals surface area contributed by atoms with Crippen LogP contribution in [0.5, 0.6) is 0 Å². The Morgan fingerprint density at radius 3 is 2.38 bits per heavy atom. The Balaban J connectivity index is 1.56. The lowest BCUT2D eigenvalue weighted by Crippen LogP contribution is -2.21. The van der Waals surface area contributed by atoms with Crippen molar-refractivity contribution in [3.63, 3.8) is 0 Å². The molecule has 1 aromatic carbocycles. The van der Waals surface area contributed by atoms with Crippen LogP contribution in [0.3, 0.4) is 0 Å². The minimum Gasteiger partial charge on any atom is -0.481 e. The molecule has 21 heavy (non-hydrogen) atoms. The summed E-state index contributed by atoms with van der Waals surface area (Å²) in [5, 5.41) is 11.8. The number of benzene rings is 1. The number of rotatable bonds is 5. The number of carbonyl (C=O) groups excluding carboxylic acids is 1. The molecule has 2 saturated carbocycles. The quantitative estimate of drug-likeness (QED) is 0.873. The van der Waals surface area contributed by atoms with Crippen molar-refractivity contribution in [2.75, 3.05) is 5.32 Å². The minimum atomic E-state index is -0.792. The van der Waals surface area contributed by atoms with Crippen molar-refractivity contribution in [1.82, 2.24) is 0 Å². The van der Waals surface area contributed by atoms with Gasteiger partial charge in [-0.3, -0.25) is 9.59 Å². The molecule has 1 aromatic rings. The molecule has 2 aliphatic carbocycles. The Kier molecular flexibility index (Phi) is 3.70. The topological polar surface area (TPSA) is 66.4 Å². The summed E-state index contributed by atoms with van der Waals surface area (Å²) in [7, 11) is 0. The molecule has 3 atom stereocenters. The Morgan fingerprint density at radius 1 is 1.19 bits per heavy atom. The first kappa shape index (κ1) is 14.1. The first-order valence-electron chi connectivity index (χ1n) is 7.65. The highest BCUT2D eigenvalue weighted by Crippen LogP contribution is 2.54. The summed E-state index contributed by atoms with van der Waals surface area (Å²) in [6.07, 6.45) is 3.53. The number of hydrogen-bond donors (Lipinski definition) is 2. The molecular formula is C17H21NO3. The highest BCUT2D eigenvalue weighted by Gasteiger charge is 2.47. The molecule has 0 heterocycles. The molecule has 1 amide bonds. The van der Waals surface area contributed by atoms with Crippen LogP contribution < -0.4 is 5.32 Å². The zero-order chi connectivity index (χ0) is 15.0. The second-order valence-corrected chi connectivity index (χ2v) is 6.53. The van der Waals surface area contributed by atoms with Gasteiger partial charge in [-0.05, 0) is 54.7 Å². The Morgan fingerprint density at radius 2 is 1.81 bits per heavy atom. The molecule has 0 aliphatic heterocycles. The maximum atomic E-state index is 12.2. The molecular weight excluding hydrogens is 266 g/mol. The van der Waals surface area contributed by atoms with Gasteiger partial charge in [0.25, 0.3) is 0 Å². The van der Waals surface area contributed by atoms with Crippen LogP contribution in [0, 0.1) is 17.8 Å². The van der Waals surface area contributed by atoms with Crippen molar-refractivity contribution >= 4 is 17.6 Å². The smallest absolute Gasteiger partial charge is 0.303 e. The summed E-state index contributed by atoms with van der Waals surface area (Å²) in [5.74, 6) is 1.11. The molecule has 0 bridgehead atoms. The number of aliphatic carboxylic acids is 1. The van der Waals surface area contributed by atoms with Crippen LogP contribution >= 0.6 is 0 Å². The third-order valence-electron chi connectivity index (χ3n) is 4.84. The Bertz CT molecular complexity index is 542. The van der Waals surface area contributed by atoms with Gasteiger partial charge in [0.05, 0.1) is 6.42 Å². The molecule has 3 unspecified atom stereocenters. The van der Waals surface area contributed by atoms with E-state index in [-0.39, 0.29) is 24.2 Å². The molecule has 0 aromatic heterocycles. The van der Waals surface area contributed by atoms with Gasteiger partial charge in [-0.1, -0.05) is 19.1 Å². The molecule has 3 rings (SSSR count). The van der Waals surface area contributed by atoms with E-state index in [0.717, 1.165) is 35.9 Å². The van der Waals surface area contributed by atoms with Gasteiger partial charge in [-0.15, -0.1) is 0 Å². The third kappa shape index (κ3) is 3.26. The van der Waals surface area contributed by atoms with Crippen LogP contribution in [-0.2, 0) is 9.59 Å². The van der Waals surface area contributed by atoms with Gasteiger partial charge in [0.2, 0.25) is 5.91 Å². The van der Waals surface area contributed by atoms with Gasteiger partial charge in [-0.25, -0.2) is 0 Å². The Hall–Kier alpha value is -1.84. The summed E-state index contributed by atoms with van der Waals surface area (Å²) in [6.45, 7) is 1.90. The fraction of sp³-hybridized carbons (Fsp3) is 0.529. The SMILES string of the molecule is CC(CC(=O)O)c1ccc(NC(=O)C2CC3CC3C2)cc1. The van der Waals surface area contributed by atoms with Gasteiger partial charge >= 0.3 is 5.97 Å². The van der Waals surface area contributed by atoms with Crippen LogP contribution in [0.2, 0.25) is 0 Å². The van der Waals surface area contributed by atoms with Gasteiger partial charge in [-0.2, -0.15) is 0 Å². The minimum absolute atomic E-state index is 0.0193. The van der Waals surface area contributed by atoms with Crippen molar-refractivity contribution in [3.05, 3.63) is 29.8 Å². The standard InChI is InChI=1S/C17H21NO3/c1-10(6-16(19)20)11-2-4-15(5-3-11)18-17(21)14-8-12-7-13(12)9-14/h2-5,10,12-14H,6-9H2,1H3,(H,18,21)(H,19,20). The molecule has 112 valence electrons. The number of carboxylic acid groups (broad SMARTS) is 1. The molecule has 0 saturated heterocycles. The number of carboxylic acids is 1. The Labute approximate surface area is 124 Å². The van der Waals surface area contributed by atoms with Crippen molar-refractivity contribution in [1.29, 1.82) is 0 Å². The molecule has 0 radical (unpaired) electrons. The van der Waals surface area contributed by atoms with Crippen LogP contribution in [0.1, 0.15) is 44.1 Å². The van der Waals surface area contributed by atoms with E-state index in [4.69, 9.17) is 5.11 Å². The van der Waals surface area contributed by atoms with E-state index in [1.54, 1.807) is 0 Å². The maximum absolute atomic E-state index is 12.2. The van der Waals surface area contributed by atoms with Gasteiger partial charge in [0.1, 0.15) is 0 Å². The number of hydrogen-bond acceptors (Lipinski definition) is 2. The predicted octanol–water partition coefficient (Wildman–Crippen LogP) is 3.25. The summed E-state index contributed by atoms with van der Waals surface area (Å²) < 4.78 is 0. The average Bonchev–Trinajstić information content (AvgIpc) is 3.05. The number of anilines is 1. The van der Waals surface area contributed by atoms with Crippen molar-refractivity contribution in [2.45, 2.75) is 38.5 Å². The molecule has 2 N–H and O–H groups in total. The first-order valence-corrected chi connectivity index (χ1v) is 7.65. The number of amides is 1. The van der Waals surface area contributed by atoms with E-state index < -0.39 is 5.97 Å². The van der Waals surface area contributed by atoms with E-state index in [1.807, 2.05) is 31.2 Å². The van der Waals surface area contributed by atoms with Crippen LogP contribution in [0.25, 0.3) is 0 Å². The van der Waals surface area contributed by atoms with E-state index >= 15 is 0 Å². The van der Waals surface area contributed by atoms with Gasteiger partial charge in [0.15, 0.2) is 0 Å². The summed E-state index contributed by atoms with van der Waals surface area (Å²) >= 11 is 0. The van der Waals surface area contributed by atoms with Crippen molar-refractivity contribution < 1.29 is 14.7 Å². The third-order valence-corrected chi connectivity index (χ3v) is 4.84.